The number of H-pyrrole nitrogens is 1. The zero-order valence-corrected chi connectivity index (χ0v) is 19.0. The Hall–Kier alpha value is -2.76. The van der Waals surface area contributed by atoms with Gasteiger partial charge in [0, 0.05) is 23.1 Å². The van der Waals surface area contributed by atoms with Crippen LogP contribution in [0.5, 0.6) is 0 Å². The number of hydrogen-bond donors (Lipinski definition) is 2. The highest BCUT2D eigenvalue weighted by Crippen LogP contribution is 2.24. The Morgan fingerprint density at radius 1 is 1.29 bits per heavy atom. The van der Waals surface area contributed by atoms with Crippen LogP contribution < -0.4 is 10.9 Å². The molecule has 0 fully saturated rings. The van der Waals surface area contributed by atoms with E-state index in [9.17, 15) is 9.59 Å². The van der Waals surface area contributed by atoms with Gasteiger partial charge in [0.2, 0.25) is 11.0 Å². The number of halogens is 1. The number of nitrogens with zero attached hydrogens (tertiary/aromatic N) is 5. The molecule has 0 unspecified atom stereocenters. The number of hydrogen-bond acceptors (Lipinski definition) is 8. The quantitative estimate of drug-likeness (QED) is 0.392. The minimum atomic E-state index is -0.310. The van der Waals surface area contributed by atoms with Gasteiger partial charge in [-0.15, -0.1) is 10.2 Å². The number of benzene rings is 1. The molecule has 0 atom stereocenters. The second-order valence-electron chi connectivity index (χ2n) is 7.09. The predicted octanol–water partition coefficient (Wildman–Crippen LogP) is 3.52. The third-order valence-corrected chi connectivity index (χ3v) is 6.07. The molecule has 0 saturated heterocycles. The number of rotatable bonds is 7. The number of amides is 1. The molecule has 3 aromatic heterocycles. The van der Waals surface area contributed by atoms with E-state index >= 15 is 0 Å². The third-order valence-electron chi connectivity index (χ3n) is 4.04. The van der Waals surface area contributed by atoms with Crippen LogP contribution in [-0.2, 0) is 11.2 Å². The molecule has 4 aromatic rings. The first-order chi connectivity index (χ1) is 14.9. The molecule has 4 rings (SSSR count). The first kappa shape index (κ1) is 21.5. The zero-order chi connectivity index (χ0) is 22.0. The van der Waals surface area contributed by atoms with Gasteiger partial charge in [-0.25, -0.2) is 14.5 Å². The largest absolute Gasteiger partial charge is 0.300 e. The molecule has 1 amide bonds. The molecule has 0 aliphatic heterocycles. The molecule has 31 heavy (non-hydrogen) atoms. The van der Waals surface area contributed by atoms with Gasteiger partial charge in [0.05, 0.1) is 5.75 Å². The predicted molar refractivity (Wildman–Crippen MR) is 122 cm³/mol. The van der Waals surface area contributed by atoms with E-state index in [1.54, 1.807) is 18.2 Å². The van der Waals surface area contributed by atoms with E-state index in [0.717, 1.165) is 11.4 Å². The van der Waals surface area contributed by atoms with E-state index in [1.807, 2.05) is 6.07 Å². The van der Waals surface area contributed by atoms with Crippen molar-refractivity contribution in [3.05, 3.63) is 50.7 Å². The number of aromatic nitrogens is 6. The summed E-state index contributed by atoms with van der Waals surface area (Å²) in [6.45, 7) is 4.20. The summed E-state index contributed by atoms with van der Waals surface area (Å²) in [6, 6.07) is 8.49. The van der Waals surface area contributed by atoms with Crippen LogP contribution in [-0.4, -0.2) is 41.4 Å². The van der Waals surface area contributed by atoms with Gasteiger partial charge in [-0.1, -0.05) is 60.7 Å². The Balaban J connectivity index is 1.53. The Morgan fingerprint density at radius 2 is 2.13 bits per heavy atom. The summed E-state index contributed by atoms with van der Waals surface area (Å²) >= 11 is 8.62. The van der Waals surface area contributed by atoms with E-state index in [2.05, 4.69) is 44.4 Å². The first-order valence-corrected chi connectivity index (χ1v) is 11.6. The standard InChI is InChI=1S/C19H18ClN7O2S2/c1-10(2)6-16-24-25-18(31-16)22-15(29)9-30-19-23-17(11-4-3-5-12(20)7-11)21-13-8-14(28)26-27(13)19/h3-5,7-8,10H,6,9H2,1-2H3,(H,26,28)(H,22,25,29). The van der Waals surface area contributed by atoms with Crippen molar-refractivity contribution in [2.75, 3.05) is 11.1 Å². The molecular formula is C19H18ClN7O2S2. The summed E-state index contributed by atoms with van der Waals surface area (Å²) in [4.78, 5) is 33.2. The summed E-state index contributed by atoms with van der Waals surface area (Å²) in [5.74, 6) is 0.694. The number of fused-ring (bicyclic) bond motifs is 1. The highest BCUT2D eigenvalue weighted by molar-refractivity contribution is 7.99. The minimum absolute atomic E-state index is 0.0698. The lowest BCUT2D eigenvalue weighted by molar-refractivity contribution is -0.113. The lowest BCUT2D eigenvalue weighted by Crippen LogP contribution is -2.15. The maximum Gasteiger partial charge on any atom is 0.266 e. The summed E-state index contributed by atoms with van der Waals surface area (Å²) in [7, 11) is 0. The van der Waals surface area contributed by atoms with E-state index < -0.39 is 0 Å². The molecule has 2 N–H and O–H groups in total. The Bertz CT molecular complexity index is 1300. The Kier molecular flexibility index (Phi) is 6.35. The van der Waals surface area contributed by atoms with Gasteiger partial charge < -0.3 is 0 Å². The van der Waals surface area contributed by atoms with Crippen molar-refractivity contribution >= 4 is 51.4 Å². The van der Waals surface area contributed by atoms with Crippen molar-refractivity contribution in [1.29, 1.82) is 0 Å². The Labute approximate surface area is 190 Å². The second kappa shape index (κ2) is 9.16. The highest BCUT2D eigenvalue weighted by atomic mass is 35.5. The molecule has 1 aromatic carbocycles. The molecule has 160 valence electrons. The fraction of sp³-hybridized carbons (Fsp3) is 0.263. The van der Waals surface area contributed by atoms with Crippen LogP contribution in [0.3, 0.4) is 0 Å². The number of aromatic amines is 1. The number of anilines is 1. The van der Waals surface area contributed by atoms with Crippen LogP contribution in [0.4, 0.5) is 5.13 Å². The first-order valence-electron chi connectivity index (χ1n) is 9.38. The fourth-order valence-corrected chi connectivity index (χ4v) is 4.67. The van der Waals surface area contributed by atoms with Crippen LogP contribution in [0.1, 0.15) is 18.9 Å². The van der Waals surface area contributed by atoms with Gasteiger partial charge in [0.25, 0.3) is 5.56 Å². The van der Waals surface area contributed by atoms with Crippen molar-refractivity contribution in [1.82, 2.24) is 29.8 Å². The van der Waals surface area contributed by atoms with Crippen molar-refractivity contribution < 1.29 is 4.79 Å². The van der Waals surface area contributed by atoms with Crippen LogP contribution in [0.2, 0.25) is 5.02 Å². The average Bonchev–Trinajstić information content (AvgIpc) is 3.30. The number of carbonyl (C=O) groups excluding carboxylic acids is 1. The van der Waals surface area contributed by atoms with E-state index in [0.29, 0.717) is 38.3 Å². The van der Waals surface area contributed by atoms with Crippen LogP contribution in [0, 0.1) is 5.92 Å². The van der Waals surface area contributed by atoms with E-state index in [1.165, 1.54) is 33.7 Å². The van der Waals surface area contributed by atoms with Gasteiger partial charge >= 0.3 is 0 Å². The normalized spacial score (nSPS) is 11.4. The molecular weight excluding hydrogens is 458 g/mol. The van der Waals surface area contributed by atoms with Crippen LogP contribution in [0.25, 0.3) is 17.0 Å². The number of thioether (sulfide) groups is 1. The molecule has 0 bridgehead atoms. The van der Waals surface area contributed by atoms with Gasteiger partial charge in [-0.3, -0.25) is 20.0 Å². The van der Waals surface area contributed by atoms with Crippen molar-refractivity contribution in [3.63, 3.8) is 0 Å². The maximum absolute atomic E-state index is 12.4. The maximum atomic E-state index is 12.4. The van der Waals surface area contributed by atoms with Crippen molar-refractivity contribution in [3.8, 4) is 11.4 Å². The zero-order valence-electron chi connectivity index (χ0n) is 16.6. The summed E-state index contributed by atoms with van der Waals surface area (Å²) in [5, 5.41) is 15.8. The lowest BCUT2D eigenvalue weighted by atomic mass is 10.1. The van der Waals surface area contributed by atoms with Gasteiger partial charge in [-0.05, 0) is 18.1 Å². The Morgan fingerprint density at radius 3 is 2.90 bits per heavy atom. The molecule has 0 radical (unpaired) electrons. The van der Waals surface area contributed by atoms with Crippen molar-refractivity contribution in [2.24, 2.45) is 5.92 Å². The molecule has 9 nitrogen and oxygen atoms in total. The van der Waals surface area contributed by atoms with Gasteiger partial charge in [0.15, 0.2) is 16.6 Å². The van der Waals surface area contributed by atoms with E-state index in [4.69, 9.17) is 11.6 Å². The SMILES string of the molecule is CC(C)Cc1nnc(NC(=O)CSc2nc(-c3cccc(Cl)c3)nc3cc(=O)[nH]n23)s1. The van der Waals surface area contributed by atoms with E-state index in [-0.39, 0.29) is 17.2 Å². The lowest BCUT2D eigenvalue weighted by Gasteiger charge is -2.07. The van der Waals surface area contributed by atoms with Gasteiger partial charge in [0.1, 0.15) is 5.01 Å². The minimum Gasteiger partial charge on any atom is -0.300 e. The molecule has 12 heteroatoms. The smallest absolute Gasteiger partial charge is 0.266 e. The summed E-state index contributed by atoms with van der Waals surface area (Å²) < 4.78 is 1.46. The summed E-state index contributed by atoms with van der Waals surface area (Å²) in [5.41, 5.74) is 0.803. The average molecular weight is 476 g/mol. The van der Waals surface area contributed by atoms with Crippen molar-refractivity contribution in [2.45, 2.75) is 25.4 Å². The monoisotopic (exact) mass is 475 g/mol. The third kappa shape index (κ3) is 5.30. The van der Waals surface area contributed by atoms with Gasteiger partial charge in [-0.2, -0.15) is 0 Å². The molecule has 0 aliphatic rings. The molecule has 0 saturated carbocycles. The van der Waals surface area contributed by atoms with Crippen LogP contribution >= 0.6 is 34.7 Å². The molecule has 0 aliphatic carbocycles. The molecule has 3 heterocycles. The fourth-order valence-electron chi connectivity index (χ4n) is 2.76. The summed E-state index contributed by atoms with van der Waals surface area (Å²) in [6.07, 6.45) is 0.814. The number of carbonyl (C=O) groups is 1. The second-order valence-corrected chi connectivity index (χ2v) is 9.53. The number of nitrogens with one attached hydrogen (secondary N) is 2. The topological polar surface area (TPSA) is 118 Å². The highest BCUT2D eigenvalue weighted by Gasteiger charge is 2.15. The van der Waals surface area contributed by atoms with Crippen LogP contribution in [0.15, 0.2) is 40.3 Å². The molecule has 0 spiro atoms.